The highest BCUT2D eigenvalue weighted by Gasteiger charge is 2.37. The van der Waals surface area contributed by atoms with Gasteiger partial charge in [0.05, 0.1) is 14.8 Å². The first kappa shape index (κ1) is 21.9. The first-order valence-corrected chi connectivity index (χ1v) is 13.1. The molecule has 0 radical (unpaired) electrons. The standard InChI is InChI=1S/C25H26ClN3OS2/c1-15(16-8-9-21(26)27-14-16)29-11-10-19(28-29)23-18-12-25(2,3)13-20(30)22(18)24(32-23)31-17-6-4-5-7-17/h8-11,14,17H,1,4-7,12-13H2,2-3H3. The number of thioether (sulfide) groups is 1. The Morgan fingerprint density at radius 2 is 2.03 bits per heavy atom. The summed E-state index contributed by atoms with van der Waals surface area (Å²) < 4.78 is 2.98. The molecule has 4 nitrogen and oxygen atoms in total. The molecule has 0 saturated heterocycles. The molecule has 0 spiro atoms. The quantitative estimate of drug-likeness (QED) is 0.355. The van der Waals surface area contributed by atoms with Crippen molar-refractivity contribution in [3.8, 4) is 10.6 Å². The van der Waals surface area contributed by atoms with E-state index in [2.05, 4.69) is 25.4 Å². The fourth-order valence-corrected chi connectivity index (χ4v) is 7.90. The van der Waals surface area contributed by atoms with Gasteiger partial charge in [-0.1, -0.05) is 44.9 Å². The van der Waals surface area contributed by atoms with Crippen molar-refractivity contribution in [3.63, 3.8) is 0 Å². The van der Waals surface area contributed by atoms with Crippen LogP contribution < -0.4 is 0 Å². The molecule has 3 aromatic heterocycles. The van der Waals surface area contributed by atoms with E-state index in [0.29, 0.717) is 16.8 Å². The summed E-state index contributed by atoms with van der Waals surface area (Å²) in [5.74, 6) is 0.287. The van der Waals surface area contributed by atoms with E-state index in [1.165, 1.54) is 35.5 Å². The SMILES string of the molecule is C=C(c1ccc(Cl)nc1)n1ccc(-c2sc(SC3CCCC3)c3c2CC(C)(C)CC3=O)n1. The number of fused-ring (bicyclic) bond motifs is 1. The molecule has 1 saturated carbocycles. The highest BCUT2D eigenvalue weighted by Crippen LogP contribution is 2.50. The maximum atomic E-state index is 13.2. The molecule has 0 aromatic carbocycles. The third-order valence-electron chi connectivity index (χ3n) is 6.28. The highest BCUT2D eigenvalue weighted by molar-refractivity contribution is 8.01. The van der Waals surface area contributed by atoms with Gasteiger partial charge in [0.15, 0.2) is 5.78 Å². The van der Waals surface area contributed by atoms with Gasteiger partial charge in [-0.2, -0.15) is 5.10 Å². The molecule has 0 amide bonds. The van der Waals surface area contributed by atoms with Crippen molar-refractivity contribution in [3.05, 3.63) is 59.0 Å². The minimum Gasteiger partial charge on any atom is -0.294 e. The predicted octanol–water partition coefficient (Wildman–Crippen LogP) is 7.37. The van der Waals surface area contributed by atoms with Crippen molar-refractivity contribution >= 4 is 46.2 Å². The van der Waals surface area contributed by atoms with E-state index in [1.54, 1.807) is 28.3 Å². The van der Waals surface area contributed by atoms with Crippen LogP contribution in [0.3, 0.4) is 0 Å². The number of ketones is 1. The van der Waals surface area contributed by atoms with Gasteiger partial charge in [-0.25, -0.2) is 9.67 Å². The van der Waals surface area contributed by atoms with Gasteiger partial charge < -0.3 is 0 Å². The fraction of sp³-hybridized carbons (Fsp3) is 0.400. The average molecular weight is 484 g/mol. The lowest BCUT2D eigenvalue weighted by Crippen LogP contribution is -2.26. The number of halogens is 1. The minimum atomic E-state index is -0.0314. The normalized spacial score (nSPS) is 18.2. The zero-order valence-electron chi connectivity index (χ0n) is 18.4. The molecule has 0 bridgehead atoms. The predicted molar refractivity (Wildman–Crippen MR) is 134 cm³/mol. The number of carbonyl (C=O) groups is 1. The van der Waals surface area contributed by atoms with Crippen LogP contribution in [0, 0.1) is 5.41 Å². The first-order valence-electron chi connectivity index (χ1n) is 11.0. The maximum Gasteiger partial charge on any atom is 0.165 e. The van der Waals surface area contributed by atoms with Crippen molar-refractivity contribution in [1.82, 2.24) is 14.8 Å². The Balaban J connectivity index is 1.52. The number of thiophene rings is 1. The van der Waals surface area contributed by atoms with E-state index in [1.807, 2.05) is 30.1 Å². The van der Waals surface area contributed by atoms with Gasteiger partial charge >= 0.3 is 0 Å². The molecular weight excluding hydrogens is 458 g/mol. The smallest absolute Gasteiger partial charge is 0.165 e. The van der Waals surface area contributed by atoms with Crippen LogP contribution in [0.1, 0.15) is 67.4 Å². The molecule has 5 rings (SSSR count). The summed E-state index contributed by atoms with van der Waals surface area (Å²) in [7, 11) is 0. The van der Waals surface area contributed by atoms with Gasteiger partial charge in [-0.3, -0.25) is 4.79 Å². The molecule has 3 heterocycles. The number of nitrogens with zero attached hydrogens (tertiary/aromatic N) is 3. The average Bonchev–Trinajstić information content (AvgIpc) is 3.48. The molecule has 0 unspecified atom stereocenters. The monoisotopic (exact) mass is 483 g/mol. The van der Waals surface area contributed by atoms with Gasteiger partial charge in [0.1, 0.15) is 10.8 Å². The van der Waals surface area contributed by atoms with E-state index in [4.69, 9.17) is 16.7 Å². The number of hydrogen-bond acceptors (Lipinski definition) is 5. The second-order valence-corrected chi connectivity index (χ2v) is 12.5. The van der Waals surface area contributed by atoms with Gasteiger partial charge in [0.25, 0.3) is 0 Å². The third kappa shape index (κ3) is 4.20. The van der Waals surface area contributed by atoms with Crippen molar-refractivity contribution in [2.75, 3.05) is 0 Å². The summed E-state index contributed by atoms with van der Waals surface area (Å²) in [5.41, 5.74) is 4.63. The van der Waals surface area contributed by atoms with Crippen LogP contribution >= 0.6 is 34.7 Å². The van der Waals surface area contributed by atoms with E-state index >= 15 is 0 Å². The van der Waals surface area contributed by atoms with E-state index < -0.39 is 0 Å². The maximum absolute atomic E-state index is 13.2. The fourth-order valence-electron chi connectivity index (χ4n) is 4.68. The lowest BCUT2D eigenvalue weighted by molar-refractivity contribution is 0.0910. The first-order chi connectivity index (χ1) is 15.3. The summed E-state index contributed by atoms with van der Waals surface area (Å²) in [6.45, 7) is 8.57. The van der Waals surface area contributed by atoms with Crippen LogP contribution in [-0.2, 0) is 6.42 Å². The molecule has 2 aliphatic carbocycles. The topological polar surface area (TPSA) is 47.8 Å². The van der Waals surface area contributed by atoms with Crippen LogP contribution in [0.4, 0.5) is 0 Å². The molecule has 7 heteroatoms. The van der Waals surface area contributed by atoms with Crippen molar-refractivity contribution in [2.45, 2.75) is 61.8 Å². The Morgan fingerprint density at radius 1 is 1.25 bits per heavy atom. The summed E-state index contributed by atoms with van der Waals surface area (Å²) in [6, 6.07) is 5.67. The second-order valence-electron chi connectivity index (χ2n) is 9.50. The Kier molecular flexibility index (Phi) is 5.81. The number of aromatic nitrogens is 3. The number of rotatable bonds is 5. The minimum absolute atomic E-state index is 0.0314. The summed E-state index contributed by atoms with van der Waals surface area (Å²) in [6.07, 6.45) is 10.2. The molecule has 2 aliphatic rings. The lowest BCUT2D eigenvalue weighted by atomic mass is 9.74. The van der Waals surface area contributed by atoms with E-state index in [9.17, 15) is 4.79 Å². The zero-order valence-corrected chi connectivity index (χ0v) is 20.7. The third-order valence-corrected chi connectivity index (χ3v) is 9.32. The largest absolute Gasteiger partial charge is 0.294 e. The molecule has 32 heavy (non-hydrogen) atoms. The number of pyridine rings is 1. The van der Waals surface area contributed by atoms with Crippen LogP contribution in [0.25, 0.3) is 16.3 Å². The number of Topliss-reactive ketones (excluding diaryl/α,β-unsaturated/α-hetero) is 1. The van der Waals surface area contributed by atoms with Crippen molar-refractivity contribution in [1.29, 1.82) is 0 Å². The lowest BCUT2D eigenvalue weighted by Gasteiger charge is -2.29. The van der Waals surface area contributed by atoms with Crippen LogP contribution in [0.5, 0.6) is 0 Å². The van der Waals surface area contributed by atoms with Gasteiger partial charge in [-0.15, -0.1) is 23.1 Å². The molecule has 0 aliphatic heterocycles. The number of carbonyl (C=O) groups excluding carboxylic acids is 1. The van der Waals surface area contributed by atoms with Crippen molar-refractivity contribution in [2.24, 2.45) is 5.41 Å². The Morgan fingerprint density at radius 3 is 2.75 bits per heavy atom. The summed E-state index contributed by atoms with van der Waals surface area (Å²) in [5, 5.41) is 5.93. The van der Waals surface area contributed by atoms with E-state index in [0.717, 1.165) is 33.8 Å². The summed E-state index contributed by atoms with van der Waals surface area (Å²) >= 11 is 9.59. The van der Waals surface area contributed by atoms with Crippen LogP contribution in [0.15, 0.2) is 41.4 Å². The number of hydrogen-bond donors (Lipinski definition) is 0. The molecule has 166 valence electrons. The molecule has 0 atom stereocenters. The Bertz CT molecular complexity index is 1190. The molecule has 1 fully saturated rings. The second kappa shape index (κ2) is 8.47. The summed E-state index contributed by atoms with van der Waals surface area (Å²) in [4.78, 5) is 18.5. The highest BCUT2D eigenvalue weighted by atomic mass is 35.5. The van der Waals surface area contributed by atoms with E-state index in [-0.39, 0.29) is 11.2 Å². The molecule has 3 aromatic rings. The van der Waals surface area contributed by atoms with Gasteiger partial charge in [0, 0.05) is 35.2 Å². The molecule has 0 N–H and O–H groups in total. The Labute approximate surface area is 202 Å². The Hall–Kier alpha value is -1.89. The van der Waals surface area contributed by atoms with Crippen LogP contribution in [0.2, 0.25) is 5.15 Å². The molecular formula is C25H26ClN3OS2. The van der Waals surface area contributed by atoms with Crippen LogP contribution in [-0.4, -0.2) is 25.8 Å². The zero-order chi connectivity index (χ0) is 22.5. The van der Waals surface area contributed by atoms with Gasteiger partial charge in [0.2, 0.25) is 0 Å². The van der Waals surface area contributed by atoms with Gasteiger partial charge in [-0.05, 0) is 48.4 Å². The van der Waals surface area contributed by atoms with Crippen molar-refractivity contribution < 1.29 is 4.79 Å².